The van der Waals surface area contributed by atoms with Crippen molar-refractivity contribution >= 4 is 21.6 Å². The van der Waals surface area contributed by atoms with Crippen LogP contribution in [0.5, 0.6) is 11.5 Å². The van der Waals surface area contributed by atoms with Crippen molar-refractivity contribution in [3.8, 4) is 11.5 Å². The third-order valence-electron chi connectivity index (χ3n) is 4.58. The highest BCUT2D eigenvalue weighted by Gasteiger charge is 2.26. The zero-order chi connectivity index (χ0) is 20.7. The van der Waals surface area contributed by atoms with Crippen LogP contribution in [0.25, 0.3) is 0 Å². The molecule has 0 aromatic heterocycles. The lowest BCUT2D eigenvalue weighted by molar-refractivity contribution is -0.118. The Morgan fingerprint density at radius 3 is 2.31 bits per heavy atom. The fourth-order valence-electron chi connectivity index (χ4n) is 3.13. The van der Waals surface area contributed by atoms with E-state index in [0.717, 1.165) is 25.0 Å². The number of rotatable bonds is 8. The van der Waals surface area contributed by atoms with E-state index in [9.17, 15) is 13.2 Å². The molecule has 0 bridgehead atoms. The van der Waals surface area contributed by atoms with Crippen LogP contribution in [0.15, 0.2) is 53.4 Å². The maximum absolute atomic E-state index is 12.8. The molecule has 0 radical (unpaired) electrons. The number of carbonyl (C=O) groups is 1. The van der Waals surface area contributed by atoms with Crippen molar-refractivity contribution in [1.82, 2.24) is 4.31 Å². The molecule has 0 atom stereocenters. The molecule has 0 saturated carbocycles. The molecule has 7 nitrogen and oxygen atoms in total. The van der Waals surface area contributed by atoms with Crippen molar-refractivity contribution < 1.29 is 22.7 Å². The summed E-state index contributed by atoms with van der Waals surface area (Å²) in [5, 5.41) is 2.69. The number of amides is 1. The average molecular weight is 419 g/mol. The number of hydrogen-bond donors (Lipinski definition) is 1. The molecule has 1 fully saturated rings. The number of nitrogens with one attached hydrogen (secondary N) is 1. The van der Waals surface area contributed by atoms with Crippen LogP contribution >= 0.6 is 0 Å². The molecule has 1 amide bonds. The van der Waals surface area contributed by atoms with Gasteiger partial charge in [0.2, 0.25) is 10.0 Å². The molecule has 3 rings (SSSR count). The molecule has 2 aromatic rings. The minimum Gasteiger partial charge on any atom is -0.494 e. The highest BCUT2D eigenvalue weighted by Crippen LogP contribution is 2.23. The van der Waals surface area contributed by atoms with Crippen molar-refractivity contribution in [2.24, 2.45) is 0 Å². The number of carbonyl (C=O) groups excluding carboxylic acids is 1. The second-order valence-corrected chi connectivity index (χ2v) is 8.67. The topological polar surface area (TPSA) is 84.9 Å². The largest absolute Gasteiger partial charge is 0.494 e. The summed E-state index contributed by atoms with van der Waals surface area (Å²) < 4.78 is 37.9. The maximum atomic E-state index is 12.8. The molecular formula is C21H26N2O5S. The van der Waals surface area contributed by atoms with Gasteiger partial charge < -0.3 is 14.8 Å². The van der Waals surface area contributed by atoms with Crippen LogP contribution in [0.2, 0.25) is 0 Å². The third-order valence-corrected chi connectivity index (χ3v) is 6.47. The summed E-state index contributed by atoms with van der Waals surface area (Å²) in [5.74, 6) is 0.910. The summed E-state index contributed by atoms with van der Waals surface area (Å²) in [4.78, 5) is 12.4. The average Bonchev–Trinajstić information content (AvgIpc) is 2.74. The number of benzene rings is 2. The summed E-state index contributed by atoms with van der Waals surface area (Å²) in [7, 11) is -3.55. The van der Waals surface area contributed by atoms with E-state index in [0.29, 0.717) is 31.1 Å². The number of hydrogen-bond acceptors (Lipinski definition) is 5. The Morgan fingerprint density at radius 1 is 1.00 bits per heavy atom. The number of nitrogens with zero attached hydrogens (tertiary/aromatic N) is 1. The standard InChI is InChI=1S/C21H26N2O5S/c1-2-27-18-9-11-19(12-10-18)28-16-21(24)22-17-7-6-8-20(15-17)29(25,26)23-13-4-3-5-14-23/h6-12,15H,2-5,13-14,16H2,1H3,(H,22,24). The Kier molecular flexibility index (Phi) is 7.11. The molecule has 1 saturated heterocycles. The van der Waals surface area contributed by atoms with Crippen molar-refractivity contribution in [2.45, 2.75) is 31.1 Å². The zero-order valence-electron chi connectivity index (χ0n) is 16.5. The van der Waals surface area contributed by atoms with Gasteiger partial charge in [-0.1, -0.05) is 12.5 Å². The van der Waals surface area contributed by atoms with Gasteiger partial charge in [-0.3, -0.25) is 4.79 Å². The van der Waals surface area contributed by atoms with Gasteiger partial charge in [0.05, 0.1) is 11.5 Å². The predicted molar refractivity (Wildman–Crippen MR) is 111 cm³/mol. The van der Waals surface area contributed by atoms with E-state index < -0.39 is 10.0 Å². The van der Waals surface area contributed by atoms with E-state index >= 15 is 0 Å². The Balaban J connectivity index is 1.58. The lowest BCUT2D eigenvalue weighted by Crippen LogP contribution is -2.35. The number of ether oxygens (including phenoxy) is 2. The van der Waals surface area contributed by atoms with Gasteiger partial charge in [-0.15, -0.1) is 0 Å². The van der Waals surface area contributed by atoms with Crippen molar-refractivity contribution in [2.75, 3.05) is 31.6 Å². The Labute approximate surface area is 171 Å². The fraction of sp³-hybridized carbons (Fsp3) is 0.381. The minimum atomic E-state index is -3.55. The van der Waals surface area contributed by atoms with Crippen LogP contribution in [0, 0.1) is 0 Å². The summed E-state index contributed by atoms with van der Waals surface area (Å²) in [6.45, 7) is 3.37. The quantitative estimate of drug-likeness (QED) is 0.711. The van der Waals surface area contributed by atoms with Gasteiger partial charge in [0.25, 0.3) is 5.91 Å². The summed E-state index contributed by atoms with van der Waals surface area (Å²) in [6.07, 6.45) is 2.80. The summed E-state index contributed by atoms with van der Waals surface area (Å²) >= 11 is 0. The second kappa shape index (κ2) is 9.76. The van der Waals surface area contributed by atoms with Gasteiger partial charge in [-0.25, -0.2) is 8.42 Å². The highest BCUT2D eigenvalue weighted by molar-refractivity contribution is 7.89. The first-order valence-electron chi connectivity index (χ1n) is 9.75. The number of piperidine rings is 1. The van der Waals surface area contributed by atoms with E-state index in [1.807, 2.05) is 6.92 Å². The molecule has 1 aliphatic rings. The molecule has 156 valence electrons. The van der Waals surface area contributed by atoms with Crippen LogP contribution in [-0.4, -0.2) is 44.9 Å². The van der Waals surface area contributed by atoms with Crippen LogP contribution < -0.4 is 14.8 Å². The lowest BCUT2D eigenvalue weighted by Gasteiger charge is -2.26. The Bertz CT molecular complexity index is 922. The highest BCUT2D eigenvalue weighted by atomic mass is 32.2. The van der Waals surface area contributed by atoms with Gasteiger partial charge in [-0.2, -0.15) is 4.31 Å². The smallest absolute Gasteiger partial charge is 0.262 e. The molecule has 8 heteroatoms. The van der Waals surface area contributed by atoms with Crippen molar-refractivity contribution in [3.63, 3.8) is 0 Å². The van der Waals surface area contributed by atoms with Crippen LogP contribution in [-0.2, 0) is 14.8 Å². The Morgan fingerprint density at radius 2 is 1.66 bits per heavy atom. The summed E-state index contributed by atoms with van der Waals surface area (Å²) in [6, 6.07) is 13.3. The molecule has 1 heterocycles. The molecule has 0 spiro atoms. The molecule has 0 aliphatic carbocycles. The molecule has 0 unspecified atom stereocenters. The first kappa shape index (κ1) is 21.1. The SMILES string of the molecule is CCOc1ccc(OCC(=O)Nc2cccc(S(=O)(=O)N3CCCCC3)c2)cc1. The van der Waals surface area contributed by atoms with E-state index in [1.54, 1.807) is 42.5 Å². The van der Waals surface area contributed by atoms with Gasteiger partial charge in [0.15, 0.2) is 6.61 Å². The normalized spacial score (nSPS) is 14.9. The third kappa shape index (κ3) is 5.71. The van der Waals surface area contributed by atoms with Gasteiger partial charge in [-0.05, 0) is 62.2 Å². The molecule has 29 heavy (non-hydrogen) atoms. The summed E-state index contributed by atoms with van der Waals surface area (Å²) in [5.41, 5.74) is 0.420. The van der Waals surface area contributed by atoms with Crippen molar-refractivity contribution in [3.05, 3.63) is 48.5 Å². The van der Waals surface area contributed by atoms with Gasteiger partial charge >= 0.3 is 0 Å². The number of anilines is 1. The van der Waals surface area contributed by atoms with Crippen LogP contribution in [0.3, 0.4) is 0 Å². The van der Waals surface area contributed by atoms with Gasteiger partial charge in [0.1, 0.15) is 11.5 Å². The number of sulfonamides is 1. The first-order valence-corrected chi connectivity index (χ1v) is 11.2. The van der Waals surface area contributed by atoms with E-state index in [4.69, 9.17) is 9.47 Å². The minimum absolute atomic E-state index is 0.183. The molecule has 1 N–H and O–H groups in total. The zero-order valence-corrected chi connectivity index (χ0v) is 17.3. The van der Waals surface area contributed by atoms with E-state index in [2.05, 4.69) is 5.32 Å². The lowest BCUT2D eigenvalue weighted by atomic mass is 10.2. The maximum Gasteiger partial charge on any atom is 0.262 e. The molecule has 2 aromatic carbocycles. The van der Waals surface area contributed by atoms with E-state index in [-0.39, 0.29) is 17.4 Å². The van der Waals surface area contributed by atoms with Gasteiger partial charge in [0, 0.05) is 18.8 Å². The molecular weight excluding hydrogens is 392 g/mol. The first-order chi connectivity index (χ1) is 14.0. The predicted octanol–water partition coefficient (Wildman–Crippen LogP) is 3.28. The van der Waals surface area contributed by atoms with Crippen molar-refractivity contribution in [1.29, 1.82) is 0 Å². The Hall–Kier alpha value is -2.58. The molecule has 1 aliphatic heterocycles. The van der Waals surface area contributed by atoms with E-state index in [1.165, 1.54) is 10.4 Å². The second-order valence-electron chi connectivity index (χ2n) is 6.73. The monoisotopic (exact) mass is 418 g/mol. The van der Waals surface area contributed by atoms with Crippen LogP contribution in [0.4, 0.5) is 5.69 Å². The fourth-order valence-corrected chi connectivity index (χ4v) is 4.70. The van der Waals surface area contributed by atoms with Crippen LogP contribution in [0.1, 0.15) is 26.2 Å².